The molecular weight excluding hydrogens is 348 g/mol. The number of aromatic nitrogens is 1. The van der Waals surface area contributed by atoms with Crippen LogP contribution in [0.25, 0.3) is 10.9 Å². The van der Waals surface area contributed by atoms with Crippen LogP contribution < -0.4 is 5.32 Å². The van der Waals surface area contributed by atoms with Crippen molar-refractivity contribution in [1.29, 1.82) is 0 Å². The van der Waals surface area contributed by atoms with Crippen molar-refractivity contribution in [2.24, 2.45) is 0 Å². The SMILES string of the molecule is COC(=O)c1c(CN[C@H](C)c2cccc(Cl)c2)nc2ccccc2c1C. The van der Waals surface area contributed by atoms with Crippen molar-refractivity contribution in [2.45, 2.75) is 26.4 Å². The lowest BCUT2D eigenvalue weighted by Gasteiger charge is -2.17. The Balaban J connectivity index is 1.94. The van der Waals surface area contributed by atoms with Crippen molar-refractivity contribution < 1.29 is 9.53 Å². The molecule has 0 saturated heterocycles. The van der Waals surface area contributed by atoms with Crippen LogP contribution in [0, 0.1) is 6.92 Å². The fourth-order valence-corrected chi connectivity index (χ4v) is 3.28. The van der Waals surface area contributed by atoms with E-state index in [0.29, 0.717) is 22.8 Å². The van der Waals surface area contributed by atoms with Crippen LogP contribution in [0.3, 0.4) is 0 Å². The molecule has 3 rings (SSSR count). The van der Waals surface area contributed by atoms with Crippen molar-refractivity contribution in [3.8, 4) is 0 Å². The van der Waals surface area contributed by atoms with E-state index in [9.17, 15) is 4.79 Å². The third-order valence-corrected chi connectivity index (χ3v) is 4.78. The zero-order valence-corrected chi connectivity index (χ0v) is 15.8. The lowest BCUT2D eigenvalue weighted by Crippen LogP contribution is -2.22. The topological polar surface area (TPSA) is 51.2 Å². The number of methoxy groups -OCH3 is 1. The molecular formula is C21H21ClN2O2. The van der Waals surface area contributed by atoms with Crippen LogP contribution in [0.2, 0.25) is 5.02 Å². The van der Waals surface area contributed by atoms with Gasteiger partial charge in [-0.1, -0.05) is 41.9 Å². The van der Waals surface area contributed by atoms with Crippen molar-refractivity contribution in [2.75, 3.05) is 7.11 Å². The molecule has 0 amide bonds. The number of nitrogens with zero attached hydrogens (tertiary/aromatic N) is 1. The molecule has 0 radical (unpaired) electrons. The molecule has 2 aromatic carbocycles. The summed E-state index contributed by atoms with van der Waals surface area (Å²) in [6, 6.07) is 15.6. The molecule has 3 aromatic rings. The Hall–Kier alpha value is -2.43. The number of carbonyl (C=O) groups excluding carboxylic acids is 1. The number of rotatable bonds is 5. The van der Waals surface area contributed by atoms with Gasteiger partial charge in [0.25, 0.3) is 0 Å². The number of halogens is 1. The number of nitrogens with one attached hydrogen (secondary N) is 1. The number of benzene rings is 2. The van der Waals surface area contributed by atoms with E-state index in [1.807, 2.05) is 55.5 Å². The van der Waals surface area contributed by atoms with E-state index in [2.05, 4.69) is 12.2 Å². The van der Waals surface area contributed by atoms with Gasteiger partial charge in [-0.15, -0.1) is 0 Å². The van der Waals surface area contributed by atoms with Crippen LogP contribution in [0.1, 0.15) is 40.1 Å². The number of para-hydroxylation sites is 1. The first-order valence-corrected chi connectivity index (χ1v) is 8.84. The molecule has 0 bridgehead atoms. The molecule has 0 spiro atoms. The van der Waals surface area contributed by atoms with Gasteiger partial charge in [0.2, 0.25) is 0 Å². The lowest BCUT2D eigenvalue weighted by atomic mass is 10.0. The predicted molar refractivity (Wildman–Crippen MR) is 105 cm³/mol. The summed E-state index contributed by atoms with van der Waals surface area (Å²) in [5, 5.41) is 5.08. The Morgan fingerprint density at radius 3 is 2.73 bits per heavy atom. The Bertz CT molecular complexity index is 956. The monoisotopic (exact) mass is 368 g/mol. The van der Waals surface area contributed by atoms with Gasteiger partial charge in [0, 0.05) is 23.0 Å². The van der Waals surface area contributed by atoms with Gasteiger partial charge in [-0.25, -0.2) is 4.79 Å². The van der Waals surface area contributed by atoms with Gasteiger partial charge in [0.1, 0.15) is 0 Å². The predicted octanol–water partition coefficient (Wildman–Crippen LogP) is 4.83. The number of fused-ring (bicyclic) bond motifs is 1. The van der Waals surface area contributed by atoms with Gasteiger partial charge in [0.15, 0.2) is 0 Å². The average molecular weight is 369 g/mol. The molecule has 0 aliphatic carbocycles. The van der Waals surface area contributed by atoms with Crippen molar-refractivity contribution in [1.82, 2.24) is 10.3 Å². The number of hydrogen-bond donors (Lipinski definition) is 1. The zero-order valence-electron chi connectivity index (χ0n) is 15.0. The molecule has 1 N–H and O–H groups in total. The second-order valence-electron chi connectivity index (χ2n) is 6.22. The molecule has 26 heavy (non-hydrogen) atoms. The number of ether oxygens (including phenoxy) is 1. The molecule has 134 valence electrons. The summed E-state index contributed by atoms with van der Waals surface area (Å²) in [4.78, 5) is 17.0. The van der Waals surface area contributed by atoms with Crippen LogP contribution in [0.4, 0.5) is 0 Å². The van der Waals surface area contributed by atoms with Crippen molar-refractivity contribution in [3.63, 3.8) is 0 Å². The fourth-order valence-electron chi connectivity index (χ4n) is 3.09. The second-order valence-corrected chi connectivity index (χ2v) is 6.66. The number of carbonyl (C=O) groups is 1. The lowest BCUT2D eigenvalue weighted by molar-refractivity contribution is 0.0598. The quantitative estimate of drug-likeness (QED) is 0.655. The highest BCUT2D eigenvalue weighted by atomic mass is 35.5. The first kappa shape index (κ1) is 18.4. The summed E-state index contributed by atoms with van der Waals surface area (Å²) in [7, 11) is 1.39. The standard InChI is InChI=1S/C21H21ClN2O2/c1-13-17-9-4-5-10-18(17)24-19(20(13)21(25)26-3)12-23-14(2)15-7-6-8-16(22)11-15/h4-11,14,23H,12H2,1-3H3/t14-/m1/s1. The number of pyridine rings is 1. The van der Waals surface area contributed by atoms with Crippen LogP contribution in [0.5, 0.6) is 0 Å². The van der Waals surface area contributed by atoms with Crippen LogP contribution >= 0.6 is 11.6 Å². The number of aryl methyl sites for hydroxylation is 1. The molecule has 4 nitrogen and oxygen atoms in total. The van der Waals surface area contributed by atoms with Crippen molar-refractivity contribution in [3.05, 3.63) is 75.9 Å². The van der Waals surface area contributed by atoms with E-state index in [0.717, 1.165) is 22.0 Å². The summed E-state index contributed by atoms with van der Waals surface area (Å²) in [5.41, 5.74) is 4.04. The third kappa shape index (κ3) is 3.71. The first-order chi connectivity index (χ1) is 12.5. The van der Waals surface area contributed by atoms with E-state index >= 15 is 0 Å². The van der Waals surface area contributed by atoms with Gasteiger partial charge in [-0.2, -0.15) is 0 Å². The second kappa shape index (κ2) is 7.85. The maximum atomic E-state index is 12.4. The highest BCUT2D eigenvalue weighted by Crippen LogP contribution is 2.24. The number of esters is 1. The summed E-state index contributed by atoms with van der Waals surface area (Å²) >= 11 is 6.08. The molecule has 0 saturated carbocycles. The average Bonchev–Trinajstić information content (AvgIpc) is 2.65. The maximum Gasteiger partial charge on any atom is 0.340 e. The Kier molecular flexibility index (Phi) is 5.55. The molecule has 0 aliphatic heterocycles. The molecule has 5 heteroatoms. The minimum absolute atomic E-state index is 0.0628. The largest absolute Gasteiger partial charge is 0.465 e. The molecule has 1 atom stereocenters. The Morgan fingerprint density at radius 1 is 1.23 bits per heavy atom. The van der Waals surface area contributed by atoms with Crippen LogP contribution in [-0.4, -0.2) is 18.1 Å². The van der Waals surface area contributed by atoms with E-state index in [1.165, 1.54) is 7.11 Å². The normalized spacial score (nSPS) is 12.2. The third-order valence-electron chi connectivity index (χ3n) is 4.54. The minimum atomic E-state index is -0.368. The van der Waals surface area contributed by atoms with Crippen LogP contribution in [0.15, 0.2) is 48.5 Å². The molecule has 0 fully saturated rings. The van der Waals surface area contributed by atoms with Crippen molar-refractivity contribution >= 4 is 28.5 Å². The highest BCUT2D eigenvalue weighted by molar-refractivity contribution is 6.30. The first-order valence-electron chi connectivity index (χ1n) is 8.46. The maximum absolute atomic E-state index is 12.4. The smallest absolute Gasteiger partial charge is 0.340 e. The summed E-state index contributed by atoms with van der Waals surface area (Å²) in [5.74, 6) is -0.368. The highest BCUT2D eigenvalue weighted by Gasteiger charge is 2.19. The summed E-state index contributed by atoms with van der Waals surface area (Å²) in [6.07, 6.45) is 0. The fraction of sp³-hybridized carbons (Fsp3) is 0.238. The van der Waals surface area contributed by atoms with E-state index in [4.69, 9.17) is 21.3 Å². The zero-order chi connectivity index (χ0) is 18.7. The van der Waals surface area contributed by atoms with E-state index in [1.54, 1.807) is 0 Å². The molecule has 0 aliphatic rings. The minimum Gasteiger partial charge on any atom is -0.465 e. The summed E-state index contributed by atoms with van der Waals surface area (Å²) < 4.78 is 4.99. The molecule has 1 aromatic heterocycles. The summed E-state index contributed by atoms with van der Waals surface area (Å²) in [6.45, 7) is 4.43. The van der Waals surface area contributed by atoms with Crippen LogP contribution in [-0.2, 0) is 11.3 Å². The van der Waals surface area contributed by atoms with Gasteiger partial charge in [-0.3, -0.25) is 4.98 Å². The Morgan fingerprint density at radius 2 is 2.00 bits per heavy atom. The number of hydrogen-bond acceptors (Lipinski definition) is 4. The van der Waals surface area contributed by atoms with Gasteiger partial charge < -0.3 is 10.1 Å². The van der Waals surface area contributed by atoms with Gasteiger partial charge in [-0.05, 0) is 43.2 Å². The van der Waals surface area contributed by atoms with Gasteiger partial charge in [0.05, 0.1) is 23.9 Å². The Labute approximate surface area is 158 Å². The molecule has 1 heterocycles. The van der Waals surface area contributed by atoms with Gasteiger partial charge >= 0.3 is 5.97 Å². The molecule has 0 unspecified atom stereocenters. The van der Waals surface area contributed by atoms with E-state index in [-0.39, 0.29) is 12.0 Å². The van der Waals surface area contributed by atoms with E-state index < -0.39 is 0 Å².